The Balaban J connectivity index is 2.11. The summed E-state index contributed by atoms with van der Waals surface area (Å²) in [5, 5.41) is 0.674. The minimum atomic E-state index is 0.102. The molecule has 3 rings (SSSR count). The predicted octanol–water partition coefficient (Wildman–Crippen LogP) is 2.51. The molecule has 2 aliphatic rings. The number of nitrogens with two attached hydrogens (primary N) is 1. The molecule has 0 amide bonds. The minimum absolute atomic E-state index is 0.102. The Labute approximate surface area is 88.0 Å². The van der Waals surface area contributed by atoms with Gasteiger partial charge in [-0.1, -0.05) is 23.7 Å². The Morgan fingerprint density at radius 3 is 2.93 bits per heavy atom. The van der Waals surface area contributed by atoms with Crippen LogP contribution >= 0.6 is 11.6 Å². The molecule has 1 saturated carbocycles. The lowest BCUT2D eigenvalue weighted by molar-refractivity contribution is 0.177. The molecule has 1 heterocycles. The predicted molar refractivity (Wildman–Crippen MR) is 55.5 cm³/mol. The Hall–Kier alpha value is -0.730. The molecular weight excluding hydrogens is 198 g/mol. The van der Waals surface area contributed by atoms with Crippen molar-refractivity contribution in [2.24, 2.45) is 11.1 Å². The molecule has 1 aromatic rings. The molecule has 14 heavy (non-hydrogen) atoms. The van der Waals surface area contributed by atoms with Gasteiger partial charge in [0.2, 0.25) is 0 Å². The highest BCUT2D eigenvalue weighted by molar-refractivity contribution is 6.32. The molecule has 2 nitrogen and oxygen atoms in total. The third-order valence-electron chi connectivity index (χ3n) is 3.39. The fraction of sp³-hybridized carbons (Fsp3) is 0.455. The molecular formula is C11H12ClNO. The Morgan fingerprint density at radius 2 is 2.21 bits per heavy atom. The summed E-state index contributed by atoms with van der Waals surface area (Å²) in [6.07, 6.45) is 2.36. The van der Waals surface area contributed by atoms with Crippen molar-refractivity contribution < 1.29 is 4.74 Å². The van der Waals surface area contributed by atoms with E-state index in [1.807, 2.05) is 18.2 Å². The van der Waals surface area contributed by atoms with Crippen LogP contribution in [0.25, 0.3) is 0 Å². The second-order valence-corrected chi connectivity index (χ2v) is 4.69. The van der Waals surface area contributed by atoms with Crippen molar-refractivity contribution in [3.63, 3.8) is 0 Å². The lowest BCUT2D eigenvalue weighted by Gasteiger charge is -2.31. The second-order valence-electron chi connectivity index (χ2n) is 4.29. The summed E-state index contributed by atoms with van der Waals surface area (Å²) in [7, 11) is 0. The first kappa shape index (κ1) is 8.57. The van der Waals surface area contributed by atoms with Gasteiger partial charge in [-0.05, 0) is 18.9 Å². The van der Waals surface area contributed by atoms with Crippen LogP contribution in [0.3, 0.4) is 0 Å². The molecule has 1 spiro atoms. The van der Waals surface area contributed by atoms with E-state index in [-0.39, 0.29) is 11.5 Å². The van der Waals surface area contributed by atoms with Gasteiger partial charge in [-0.15, -0.1) is 0 Å². The topological polar surface area (TPSA) is 35.2 Å². The Bertz CT molecular complexity index is 387. The van der Waals surface area contributed by atoms with Crippen LogP contribution in [0.5, 0.6) is 5.75 Å². The number of halogens is 1. The molecule has 1 fully saturated rings. The monoisotopic (exact) mass is 209 g/mol. The molecule has 0 bridgehead atoms. The normalized spacial score (nSPS) is 26.9. The zero-order valence-corrected chi connectivity index (χ0v) is 8.55. The van der Waals surface area contributed by atoms with Gasteiger partial charge in [0.25, 0.3) is 0 Å². The largest absolute Gasteiger partial charge is 0.491 e. The molecule has 1 unspecified atom stereocenters. The molecule has 74 valence electrons. The third-order valence-corrected chi connectivity index (χ3v) is 3.69. The maximum Gasteiger partial charge on any atom is 0.142 e. The number of para-hydroxylation sites is 1. The summed E-state index contributed by atoms with van der Waals surface area (Å²) < 4.78 is 5.69. The number of ether oxygens (including phenoxy) is 1. The zero-order chi connectivity index (χ0) is 9.76. The molecule has 1 aromatic carbocycles. The van der Waals surface area contributed by atoms with Crippen molar-refractivity contribution in [1.82, 2.24) is 0 Å². The van der Waals surface area contributed by atoms with E-state index < -0.39 is 0 Å². The van der Waals surface area contributed by atoms with E-state index in [0.717, 1.165) is 17.9 Å². The summed E-state index contributed by atoms with van der Waals surface area (Å²) in [6, 6.07) is 5.90. The fourth-order valence-corrected chi connectivity index (χ4v) is 2.41. The van der Waals surface area contributed by atoms with Gasteiger partial charge in [0.05, 0.1) is 11.6 Å². The lowest BCUT2D eigenvalue weighted by atomic mass is 9.89. The summed E-state index contributed by atoms with van der Waals surface area (Å²) >= 11 is 6.04. The van der Waals surface area contributed by atoms with E-state index in [1.165, 1.54) is 12.8 Å². The standard InChI is InChI=1S/C11H12ClNO/c12-8-3-1-2-7-9(8)14-6-11(4-5-11)10(7)13/h1-3,10H,4-6,13H2. The summed E-state index contributed by atoms with van der Waals surface area (Å²) in [5.74, 6) is 0.791. The maximum absolute atomic E-state index is 6.22. The minimum Gasteiger partial charge on any atom is -0.491 e. The van der Waals surface area contributed by atoms with Gasteiger partial charge in [-0.3, -0.25) is 0 Å². The highest BCUT2D eigenvalue weighted by atomic mass is 35.5. The summed E-state index contributed by atoms with van der Waals surface area (Å²) in [5.41, 5.74) is 7.51. The van der Waals surface area contributed by atoms with Crippen molar-refractivity contribution >= 4 is 11.6 Å². The van der Waals surface area contributed by atoms with Crippen LogP contribution in [0.15, 0.2) is 18.2 Å². The van der Waals surface area contributed by atoms with E-state index in [0.29, 0.717) is 5.02 Å². The first-order valence-electron chi connectivity index (χ1n) is 4.90. The van der Waals surface area contributed by atoms with Crippen LogP contribution in [0.4, 0.5) is 0 Å². The van der Waals surface area contributed by atoms with Crippen molar-refractivity contribution in [3.8, 4) is 5.75 Å². The number of benzene rings is 1. The van der Waals surface area contributed by atoms with Gasteiger partial charge in [-0.25, -0.2) is 0 Å². The maximum atomic E-state index is 6.22. The number of hydrogen-bond donors (Lipinski definition) is 1. The quantitative estimate of drug-likeness (QED) is 0.713. The molecule has 0 radical (unpaired) electrons. The highest BCUT2D eigenvalue weighted by Gasteiger charge is 2.52. The van der Waals surface area contributed by atoms with Crippen LogP contribution in [-0.4, -0.2) is 6.61 Å². The van der Waals surface area contributed by atoms with Gasteiger partial charge < -0.3 is 10.5 Å². The molecule has 3 heteroatoms. The zero-order valence-electron chi connectivity index (χ0n) is 7.79. The highest BCUT2D eigenvalue weighted by Crippen LogP contribution is 2.58. The van der Waals surface area contributed by atoms with Gasteiger partial charge >= 0.3 is 0 Å². The number of fused-ring (bicyclic) bond motifs is 1. The van der Waals surface area contributed by atoms with Crippen LogP contribution in [0.2, 0.25) is 5.02 Å². The van der Waals surface area contributed by atoms with Crippen molar-refractivity contribution in [3.05, 3.63) is 28.8 Å². The summed E-state index contributed by atoms with van der Waals surface area (Å²) in [6.45, 7) is 0.727. The van der Waals surface area contributed by atoms with Crippen LogP contribution in [0, 0.1) is 5.41 Å². The smallest absolute Gasteiger partial charge is 0.142 e. The molecule has 1 atom stereocenters. The van der Waals surface area contributed by atoms with E-state index in [1.54, 1.807) is 0 Å². The van der Waals surface area contributed by atoms with Crippen LogP contribution in [0.1, 0.15) is 24.4 Å². The van der Waals surface area contributed by atoms with Crippen LogP contribution in [-0.2, 0) is 0 Å². The van der Waals surface area contributed by atoms with Crippen molar-refractivity contribution in [2.75, 3.05) is 6.61 Å². The van der Waals surface area contributed by atoms with E-state index in [9.17, 15) is 0 Å². The Kier molecular flexibility index (Phi) is 1.62. The first-order valence-corrected chi connectivity index (χ1v) is 5.28. The second kappa shape index (κ2) is 2.65. The third kappa shape index (κ3) is 1.01. The average Bonchev–Trinajstić information content (AvgIpc) is 2.94. The van der Waals surface area contributed by atoms with Gasteiger partial charge in [0.1, 0.15) is 5.75 Å². The molecule has 2 N–H and O–H groups in total. The van der Waals surface area contributed by atoms with Crippen molar-refractivity contribution in [1.29, 1.82) is 0 Å². The molecule has 1 aliphatic carbocycles. The number of hydrogen-bond acceptors (Lipinski definition) is 2. The lowest BCUT2D eigenvalue weighted by Crippen LogP contribution is -2.32. The van der Waals surface area contributed by atoms with E-state index in [4.69, 9.17) is 22.1 Å². The molecule has 1 aliphatic heterocycles. The van der Waals surface area contributed by atoms with Gasteiger partial charge in [0.15, 0.2) is 0 Å². The van der Waals surface area contributed by atoms with Gasteiger partial charge in [-0.2, -0.15) is 0 Å². The molecule has 0 saturated heterocycles. The summed E-state index contributed by atoms with van der Waals surface area (Å²) in [4.78, 5) is 0. The number of rotatable bonds is 0. The Morgan fingerprint density at radius 1 is 1.43 bits per heavy atom. The SMILES string of the molecule is NC1c2cccc(Cl)c2OCC12CC2. The van der Waals surface area contributed by atoms with E-state index >= 15 is 0 Å². The van der Waals surface area contributed by atoms with Crippen LogP contribution < -0.4 is 10.5 Å². The fourth-order valence-electron chi connectivity index (χ4n) is 2.17. The van der Waals surface area contributed by atoms with E-state index in [2.05, 4.69) is 0 Å². The molecule has 0 aromatic heterocycles. The van der Waals surface area contributed by atoms with Gasteiger partial charge in [0, 0.05) is 17.0 Å². The average molecular weight is 210 g/mol. The first-order chi connectivity index (χ1) is 6.73. The van der Waals surface area contributed by atoms with Crippen molar-refractivity contribution in [2.45, 2.75) is 18.9 Å².